The standard InChI is InChI=1S/C21H28N4O2/c26-14-13-24-17-21(9-7-20(24)27)8-1-11-23(16-21)15-18-3-5-19(6-4-18)25-12-2-10-22-25/h2-6,10,12,26H,1,7-9,11,13-17H2/t21-/m0/s1. The Morgan fingerprint density at radius 3 is 2.74 bits per heavy atom. The first-order valence-electron chi connectivity index (χ1n) is 9.87. The van der Waals surface area contributed by atoms with E-state index in [2.05, 4.69) is 34.3 Å². The Morgan fingerprint density at radius 2 is 2.00 bits per heavy atom. The molecule has 1 spiro atoms. The van der Waals surface area contributed by atoms with Crippen molar-refractivity contribution in [2.45, 2.75) is 32.2 Å². The Kier molecular flexibility index (Phi) is 5.27. The highest BCUT2D eigenvalue weighted by atomic mass is 16.3. The second-order valence-electron chi connectivity index (χ2n) is 7.97. The summed E-state index contributed by atoms with van der Waals surface area (Å²) in [6.07, 6.45) is 7.68. The Hall–Kier alpha value is -2.18. The van der Waals surface area contributed by atoms with Gasteiger partial charge in [0.1, 0.15) is 0 Å². The number of benzene rings is 1. The van der Waals surface area contributed by atoms with Crippen LogP contribution in [0.2, 0.25) is 0 Å². The average molecular weight is 368 g/mol. The molecule has 3 heterocycles. The molecule has 2 saturated heterocycles. The Balaban J connectivity index is 1.40. The van der Waals surface area contributed by atoms with Crippen molar-refractivity contribution in [3.8, 4) is 5.69 Å². The maximum Gasteiger partial charge on any atom is 0.222 e. The Bertz CT molecular complexity index is 759. The molecule has 2 fully saturated rings. The van der Waals surface area contributed by atoms with Crippen LogP contribution in [0.5, 0.6) is 0 Å². The van der Waals surface area contributed by atoms with Crippen LogP contribution in [0.1, 0.15) is 31.2 Å². The third-order valence-electron chi connectivity index (χ3n) is 5.97. The summed E-state index contributed by atoms with van der Waals surface area (Å²) in [6.45, 7) is 4.39. The molecule has 1 atom stereocenters. The first-order chi connectivity index (χ1) is 13.2. The number of amides is 1. The van der Waals surface area contributed by atoms with Gasteiger partial charge in [-0.05, 0) is 49.6 Å². The van der Waals surface area contributed by atoms with Crippen LogP contribution < -0.4 is 0 Å². The lowest BCUT2D eigenvalue weighted by Gasteiger charge is -2.48. The number of nitrogens with zero attached hydrogens (tertiary/aromatic N) is 4. The Labute approximate surface area is 160 Å². The minimum Gasteiger partial charge on any atom is -0.395 e. The van der Waals surface area contributed by atoms with Crippen molar-refractivity contribution in [1.29, 1.82) is 0 Å². The molecular formula is C21H28N4O2. The minimum atomic E-state index is 0.0497. The zero-order valence-corrected chi connectivity index (χ0v) is 15.8. The van der Waals surface area contributed by atoms with Crippen LogP contribution in [-0.2, 0) is 11.3 Å². The summed E-state index contributed by atoms with van der Waals surface area (Å²) in [5, 5.41) is 13.5. The van der Waals surface area contributed by atoms with Gasteiger partial charge in [-0.2, -0.15) is 5.10 Å². The van der Waals surface area contributed by atoms with Crippen molar-refractivity contribution in [2.75, 3.05) is 32.8 Å². The topological polar surface area (TPSA) is 61.6 Å². The summed E-state index contributed by atoms with van der Waals surface area (Å²) >= 11 is 0. The number of β-amino-alcohol motifs (C(OH)–C–C–N with tert-alkyl or cyclic N) is 1. The SMILES string of the molecule is O=C1CC[C@]2(CCCN(Cc3ccc(-n4cccn4)cc3)C2)CN1CCO. The number of aliphatic hydroxyl groups is 1. The fourth-order valence-corrected chi connectivity index (χ4v) is 4.64. The summed E-state index contributed by atoms with van der Waals surface area (Å²) in [5.41, 5.74) is 2.57. The summed E-state index contributed by atoms with van der Waals surface area (Å²) in [4.78, 5) is 16.5. The molecular weight excluding hydrogens is 340 g/mol. The van der Waals surface area contributed by atoms with Crippen molar-refractivity contribution in [2.24, 2.45) is 5.41 Å². The van der Waals surface area contributed by atoms with Crippen LogP contribution in [0.15, 0.2) is 42.7 Å². The van der Waals surface area contributed by atoms with Crippen LogP contribution in [0.3, 0.4) is 0 Å². The molecule has 1 N–H and O–H groups in total. The highest BCUT2D eigenvalue weighted by Crippen LogP contribution is 2.39. The maximum absolute atomic E-state index is 12.1. The molecule has 0 unspecified atom stereocenters. The zero-order valence-electron chi connectivity index (χ0n) is 15.8. The molecule has 0 saturated carbocycles. The summed E-state index contributed by atoms with van der Waals surface area (Å²) in [6, 6.07) is 10.5. The van der Waals surface area contributed by atoms with Gasteiger partial charge in [0, 0.05) is 50.4 Å². The van der Waals surface area contributed by atoms with E-state index in [9.17, 15) is 9.90 Å². The highest BCUT2D eigenvalue weighted by molar-refractivity contribution is 5.77. The van der Waals surface area contributed by atoms with E-state index in [1.165, 1.54) is 18.4 Å². The van der Waals surface area contributed by atoms with Gasteiger partial charge in [-0.15, -0.1) is 0 Å². The van der Waals surface area contributed by atoms with Crippen molar-refractivity contribution in [3.63, 3.8) is 0 Å². The summed E-state index contributed by atoms with van der Waals surface area (Å²) < 4.78 is 1.87. The van der Waals surface area contributed by atoms with E-state index < -0.39 is 0 Å². The molecule has 1 amide bonds. The van der Waals surface area contributed by atoms with Gasteiger partial charge in [0.25, 0.3) is 0 Å². The van der Waals surface area contributed by atoms with E-state index in [4.69, 9.17) is 0 Å². The second kappa shape index (κ2) is 7.82. The van der Waals surface area contributed by atoms with Crippen LogP contribution in [0, 0.1) is 5.41 Å². The molecule has 1 aromatic heterocycles. The van der Waals surface area contributed by atoms with Crippen molar-refractivity contribution in [3.05, 3.63) is 48.3 Å². The molecule has 6 nitrogen and oxygen atoms in total. The molecule has 2 aliphatic heterocycles. The van der Waals surface area contributed by atoms with Crippen molar-refractivity contribution >= 4 is 5.91 Å². The number of rotatable bonds is 5. The van der Waals surface area contributed by atoms with E-state index in [1.54, 1.807) is 6.20 Å². The first-order valence-corrected chi connectivity index (χ1v) is 9.87. The van der Waals surface area contributed by atoms with E-state index in [-0.39, 0.29) is 17.9 Å². The smallest absolute Gasteiger partial charge is 0.222 e. The van der Waals surface area contributed by atoms with E-state index in [0.29, 0.717) is 13.0 Å². The number of aromatic nitrogens is 2. The van der Waals surface area contributed by atoms with Gasteiger partial charge < -0.3 is 10.0 Å². The predicted octanol–water partition coefficient (Wildman–Crippen LogP) is 2.07. The maximum atomic E-state index is 12.1. The van der Waals surface area contributed by atoms with Crippen molar-refractivity contribution < 1.29 is 9.90 Å². The average Bonchev–Trinajstić information content (AvgIpc) is 3.21. The van der Waals surface area contributed by atoms with Crippen LogP contribution in [0.25, 0.3) is 5.69 Å². The fourth-order valence-electron chi connectivity index (χ4n) is 4.64. The largest absolute Gasteiger partial charge is 0.395 e. The van der Waals surface area contributed by atoms with Gasteiger partial charge in [0.05, 0.1) is 12.3 Å². The van der Waals surface area contributed by atoms with Crippen LogP contribution in [-0.4, -0.2) is 63.4 Å². The van der Waals surface area contributed by atoms with Gasteiger partial charge in [-0.1, -0.05) is 12.1 Å². The molecule has 2 aromatic rings. The molecule has 0 bridgehead atoms. The number of piperidine rings is 2. The van der Waals surface area contributed by atoms with Gasteiger partial charge in [-0.25, -0.2) is 4.68 Å². The monoisotopic (exact) mass is 368 g/mol. The molecule has 4 rings (SSSR count). The van der Waals surface area contributed by atoms with Gasteiger partial charge in [0.2, 0.25) is 5.91 Å². The third-order valence-corrected chi connectivity index (χ3v) is 5.97. The zero-order chi connectivity index (χ0) is 18.7. The lowest BCUT2D eigenvalue weighted by atomic mass is 9.73. The van der Waals surface area contributed by atoms with Gasteiger partial charge in [-0.3, -0.25) is 9.69 Å². The third kappa shape index (κ3) is 4.06. The molecule has 1 aromatic carbocycles. The second-order valence-corrected chi connectivity index (χ2v) is 7.97. The lowest BCUT2D eigenvalue weighted by molar-refractivity contribution is -0.140. The van der Waals surface area contributed by atoms with E-state index in [0.717, 1.165) is 38.3 Å². The van der Waals surface area contributed by atoms with E-state index in [1.807, 2.05) is 21.8 Å². The van der Waals surface area contributed by atoms with Crippen LogP contribution >= 0.6 is 0 Å². The number of likely N-dealkylation sites (tertiary alicyclic amines) is 2. The number of carbonyl (C=O) groups excluding carboxylic acids is 1. The van der Waals surface area contributed by atoms with Gasteiger partial charge in [0.15, 0.2) is 0 Å². The molecule has 2 aliphatic rings. The van der Waals surface area contributed by atoms with Crippen LogP contribution in [0.4, 0.5) is 0 Å². The number of hydrogen-bond donors (Lipinski definition) is 1. The number of carbonyl (C=O) groups is 1. The quantitative estimate of drug-likeness (QED) is 0.878. The fraction of sp³-hybridized carbons (Fsp3) is 0.524. The first kappa shape index (κ1) is 18.2. The predicted molar refractivity (Wildman–Crippen MR) is 103 cm³/mol. The number of hydrogen-bond acceptors (Lipinski definition) is 4. The van der Waals surface area contributed by atoms with Gasteiger partial charge >= 0.3 is 0 Å². The summed E-state index contributed by atoms with van der Waals surface area (Å²) in [5.74, 6) is 0.195. The normalized spacial score (nSPS) is 23.9. The number of aliphatic hydroxyl groups excluding tert-OH is 1. The summed E-state index contributed by atoms with van der Waals surface area (Å²) in [7, 11) is 0. The highest BCUT2D eigenvalue weighted by Gasteiger charge is 2.41. The van der Waals surface area contributed by atoms with E-state index >= 15 is 0 Å². The molecule has 0 radical (unpaired) electrons. The lowest BCUT2D eigenvalue weighted by Crippen LogP contribution is -2.54. The minimum absolute atomic E-state index is 0.0497. The molecule has 0 aliphatic carbocycles. The molecule has 144 valence electrons. The molecule has 6 heteroatoms. The van der Waals surface area contributed by atoms with Crippen molar-refractivity contribution in [1.82, 2.24) is 19.6 Å². The Morgan fingerprint density at radius 1 is 1.15 bits per heavy atom. The molecule has 27 heavy (non-hydrogen) atoms.